The van der Waals surface area contributed by atoms with Gasteiger partial charge in [0.05, 0.1) is 5.69 Å². The molecule has 3 aromatic heterocycles. The van der Waals surface area contributed by atoms with Gasteiger partial charge in [-0.1, -0.05) is 0 Å². The zero-order valence-corrected chi connectivity index (χ0v) is 15.6. The van der Waals surface area contributed by atoms with E-state index in [1.807, 2.05) is 13.1 Å². The molecule has 0 saturated carbocycles. The molecule has 5 nitrogen and oxygen atoms in total. The second-order valence-electron chi connectivity index (χ2n) is 5.40. The Hall–Kier alpha value is -1.83. The number of ether oxygens (including phenoxy) is 1. The molecule has 0 amide bonds. The van der Waals surface area contributed by atoms with Gasteiger partial charge < -0.3 is 10.1 Å². The zero-order chi connectivity index (χ0) is 16.9. The molecule has 0 aliphatic rings. The van der Waals surface area contributed by atoms with Gasteiger partial charge in [0.2, 0.25) is 5.95 Å². The predicted octanol–water partition coefficient (Wildman–Crippen LogP) is 4.39. The molecule has 0 radical (unpaired) electrons. The second-order valence-corrected chi connectivity index (χ2v) is 7.38. The van der Waals surface area contributed by atoms with Crippen molar-refractivity contribution in [2.75, 3.05) is 25.6 Å². The Morgan fingerprint density at radius 1 is 1.25 bits per heavy atom. The summed E-state index contributed by atoms with van der Waals surface area (Å²) < 4.78 is 5.07. The minimum atomic E-state index is 0.630. The third-order valence-corrected chi connectivity index (χ3v) is 5.42. The highest BCUT2D eigenvalue weighted by molar-refractivity contribution is 7.15. The monoisotopic (exact) mass is 360 g/mol. The van der Waals surface area contributed by atoms with Crippen LogP contribution in [0, 0.1) is 13.8 Å². The first-order valence-corrected chi connectivity index (χ1v) is 9.52. The molecule has 0 aromatic carbocycles. The Labute approximate surface area is 149 Å². The summed E-state index contributed by atoms with van der Waals surface area (Å²) in [6.07, 6.45) is 2.80. The van der Waals surface area contributed by atoms with Gasteiger partial charge in [-0.15, -0.1) is 11.3 Å². The number of methoxy groups -OCH3 is 1. The van der Waals surface area contributed by atoms with Gasteiger partial charge in [0, 0.05) is 36.9 Å². The summed E-state index contributed by atoms with van der Waals surface area (Å²) in [5.74, 6) is 0.630. The maximum absolute atomic E-state index is 5.07. The lowest BCUT2D eigenvalue weighted by Crippen LogP contribution is -2.08. The fourth-order valence-electron chi connectivity index (χ4n) is 2.25. The first-order chi connectivity index (χ1) is 11.7. The number of hydrogen-bond donors (Lipinski definition) is 1. The van der Waals surface area contributed by atoms with E-state index in [4.69, 9.17) is 9.72 Å². The van der Waals surface area contributed by atoms with Crippen molar-refractivity contribution in [1.29, 1.82) is 0 Å². The van der Waals surface area contributed by atoms with Crippen molar-refractivity contribution in [3.63, 3.8) is 0 Å². The zero-order valence-electron chi connectivity index (χ0n) is 14.0. The number of hydrogen-bond acceptors (Lipinski definition) is 7. The van der Waals surface area contributed by atoms with E-state index in [0.717, 1.165) is 47.1 Å². The van der Waals surface area contributed by atoms with Crippen molar-refractivity contribution < 1.29 is 4.74 Å². The number of aryl methyl sites for hydroxylation is 2. The average Bonchev–Trinajstić information content (AvgIpc) is 3.22. The van der Waals surface area contributed by atoms with Gasteiger partial charge >= 0.3 is 0 Å². The van der Waals surface area contributed by atoms with Crippen LogP contribution in [0.15, 0.2) is 23.0 Å². The van der Waals surface area contributed by atoms with E-state index < -0.39 is 0 Å². The molecule has 0 spiro atoms. The fourth-order valence-corrected chi connectivity index (χ4v) is 3.82. The molecule has 0 atom stereocenters. The molecule has 0 aliphatic heterocycles. The lowest BCUT2D eigenvalue weighted by Gasteiger charge is -2.09. The van der Waals surface area contributed by atoms with E-state index >= 15 is 0 Å². The van der Waals surface area contributed by atoms with Crippen molar-refractivity contribution in [3.05, 3.63) is 33.6 Å². The third-order valence-electron chi connectivity index (χ3n) is 3.66. The minimum absolute atomic E-state index is 0.630. The molecule has 1 N–H and O–H groups in total. The third kappa shape index (κ3) is 3.80. The number of thiophene rings is 1. The average molecular weight is 361 g/mol. The summed E-state index contributed by atoms with van der Waals surface area (Å²) >= 11 is 3.34. The van der Waals surface area contributed by atoms with Crippen LogP contribution in [0.2, 0.25) is 0 Å². The molecule has 3 rings (SSSR count). The van der Waals surface area contributed by atoms with E-state index in [1.165, 1.54) is 4.88 Å². The number of rotatable bonds is 7. The Balaban J connectivity index is 1.95. The van der Waals surface area contributed by atoms with E-state index in [1.54, 1.807) is 29.8 Å². The van der Waals surface area contributed by atoms with E-state index in [2.05, 4.69) is 39.0 Å². The van der Waals surface area contributed by atoms with Crippen LogP contribution in [0.1, 0.15) is 17.0 Å². The Bertz CT molecular complexity index is 780. The summed E-state index contributed by atoms with van der Waals surface area (Å²) in [6.45, 7) is 5.62. The van der Waals surface area contributed by atoms with Crippen molar-refractivity contribution >= 4 is 28.6 Å². The number of nitrogens with zero attached hydrogens (tertiary/aromatic N) is 3. The van der Waals surface area contributed by atoms with Crippen LogP contribution in [-0.2, 0) is 4.74 Å². The van der Waals surface area contributed by atoms with E-state index in [9.17, 15) is 0 Å². The molecule has 3 heterocycles. The number of nitrogens with one attached hydrogen (secondary N) is 1. The van der Waals surface area contributed by atoms with Gasteiger partial charge in [0.1, 0.15) is 10.7 Å². The van der Waals surface area contributed by atoms with Gasteiger partial charge in [-0.2, -0.15) is 11.3 Å². The lowest BCUT2D eigenvalue weighted by atomic mass is 10.1. The molecule has 0 saturated heterocycles. The minimum Gasteiger partial charge on any atom is -0.385 e. The lowest BCUT2D eigenvalue weighted by molar-refractivity contribution is 0.197. The van der Waals surface area contributed by atoms with Crippen LogP contribution in [-0.4, -0.2) is 35.2 Å². The highest BCUT2D eigenvalue weighted by Gasteiger charge is 2.16. The molecule has 0 aliphatic carbocycles. The summed E-state index contributed by atoms with van der Waals surface area (Å²) in [7, 11) is 1.71. The number of anilines is 1. The Kier molecular flexibility index (Phi) is 5.55. The molecule has 24 heavy (non-hydrogen) atoms. The van der Waals surface area contributed by atoms with E-state index in [-0.39, 0.29) is 0 Å². The molecule has 126 valence electrons. The van der Waals surface area contributed by atoms with Crippen molar-refractivity contribution in [2.45, 2.75) is 20.3 Å². The highest BCUT2D eigenvalue weighted by Crippen LogP contribution is 2.35. The summed E-state index contributed by atoms with van der Waals surface area (Å²) in [5, 5.41) is 8.38. The van der Waals surface area contributed by atoms with Crippen LogP contribution in [0.5, 0.6) is 0 Å². The van der Waals surface area contributed by atoms with Crippen LogP contribution < -0.4 is 5.32 Å². The quantitative estimate of drug-likeness (QED) is 0.633. The molecule has 0 fully saturated rings. The summed E-state index contributed by atoms with van der Waals surface area (Å²) in [5.41, 5.74) is 4.09. The first kappa shape index (κ1) is 17.0. The molecular formula is C17H20N4OS2. The predicted molar refractivity (Wildman–Crippen MR) is 101 cm³/mol. The second kappa shape index (κ2) is 7.83. The molecule has 0 bridgehead atoms. The van der Waals surface area contributed by atoms with Crippen LogP contribution in [0.4, 0.5) is 5.95 Å². The smallest absolute Gasteiger partial charge is 0.223 e. The van der Waals surface area contributed by atoms with Crippen LogP contribution in [0.3, 0.4) is 0 Å². The molecule has 7 heteroatoms. The molecular weight excluding hydrogens is 340 g/mol. The van der Waals surface area contributed by atoms with Gasteiger partial charge in [-0.3, -0.25) is 0 Å². The van der Waals surface area contributed by atoms with Crippen molar-refractivity contribution in [1.82, 2.24) is 15.0 Å². The van der Waals surface area contributed by atoms with Gasteiger partial charge in [-0.05, 0) is 42.7 Å². The fraction of sp³-hybridized carbons (Fsp3) is 0.353. The normalized spacial score (nSPS) is 11.0. The van der Waals surface area contributed by atoms with Gasteiger partial charge in [-0.25, -0.2) is 15.0 Å². The van der Waals surface area contributed by atoms with Crippen molar-refractivity contribution in [2.24, 2.45) is 0 Å². The van der Waals surface area contributed by atoms with Crippen molar-refractivity contribution in [3.8, 4) is 21.8 Å². The number of aromatic nitrogens is 3. The van der Waals surface area contributed by atoms with E-state index in [0.29, 0.717) is 5.95 Å². The largest absolute Gasteiger partial charge is 0.385 e. The maximum Gasteiger partial charge on any atom is 0.223 e. The van der Waals surface area contributed by atoms with Gasteiger partial charge in [0.25, 0.3) is 0 Å². The van der Waals surface area contributed by atoms with Crippen LogP contribution >= 0.6 is 22.7 Å². The maximum atomic E-state index is 5.07. The highest BCUT2D eigenvalue weighted by atomic mass is 32.1. The van der Waals surface area contributed by atoms with Crippen LogP contribution in [0.25, 0.3) is 21.8 Å². The topological polar surface area (TPSA) is 59.9 Å². The molecule has 3 aromatic rings. The first-order valence-electron chi connectivity index (χ1n) is 7.76. The summed E-state index contributed by atoms with van der Waals surface area (Å²) in [4.78, 5) is 15.1. The Morgan fingerprint density at radius 3 is 2.79 bits per heavy atom. The molecule has 0 unspecified atom stereocenters. The van der Waals surface area contributed by atoms with Gasteiger partial charge in [0.15, 0.2) is 0 Å². The SMILES string of the molecule is COCCCNc1ncc(-c2ccsc2)c(-c2nc(C)c(C)s2)n1. The Morgan fingerprint density at radius 2 is 2.12 bits per heavy atom. The standard InChI is InChI=1S/C17H20N4OS2/c1-11-12(2)24-16(20-11)15-14(13-5-8-23-10-13)9-19-17(21-15)18-6-4-7-22-3/h5,8-10H,4,6-7H2,1-3H3,(H,18,19,21). The summed E-state index contributed by atoms with van der Waals surface area (Å²) in [6, 6.07) is 2.09. The number of thiazole rings is 1.